The molecule has 2 aromatic heterocycles. The lowest BCUT2D eigenvalue weighted by molar-refractivity contribution is -2.00. The maximum atomic E-state index is 8.49. The first-order chi connectivity index (χ1) is 11.7. The van der Waals surface area contributed by atoms with E-state index in [4.69, 9.17) is 18.6 Å². The van der Waals surface area contributed by atoms with Crippen molar-refractivity contribution in [2.75, 3.05) is 0 Å². The van der Waals surface area contributed by atoms with Crippen LogP contribution in [0.15, 0.2) is 42.6 Å². The van der Waals surface area contributed by atoms with Crippen molar-refractivity contribution in [2.24, 2.45) is 14.1 Å². The monoisotopic (exact) mass is 363 g/mol. The Kier molecular flexibility index (Phi) is 5.89. The Morgan fingerprint density at radius 3 is 2.28 bits per heavy atom. The van der Waals surface area contributed by atoms with Crippen molar-refractivity contribution < 1.29 is 33.4 Å². The fourth-order valence-corrected chi connectivity index (χ4v) is 2.38. The number of aromatic nitrogens is 3. The van der Waals surface area contributed by atoms with E-state index in [9.17, 15) is 0 Å². The van der Waals surface area contributed by atoms with Crippen LogP contribution >= 0.6 is 0 Å². The lowest BCUT2D eigenvalue weighted by Gasteiger charge is -2.17. The van der Waals surface area contributed by atoms with Gasteiger partial charge in [-0.25, -0.2) is 18.6 Å². The van der Waals surface area contributed by atoms with E-state index in [-0.39, 0.29) is 0 Å². The van der Waals surface area contributed by atoms with E-state index in [1.165, 1.54) is 22.3 Å². The maximum Gasteiger partial charge on any atom is 0.212 e. The molecule has 0 saturated carbocycles. The van der Waals surface area contributed by atoms with E-state index in [0.717, 1.165) is 5.56 Å². The fourth-order valence-electron chi connectivity index (χ4n) is 2.38. The molecule has 0 aliphatic heterocycles. The molecule has 8 heteroatoms. The summed E-state index contributed by atoms with van der Waals surface area (Å²) in [6, 6.07) is 12.7. The van der Waals surface area contributed by atoms with Crippen LogP contribution in [0.1, 0.15) is 17.0 Å². The van der Waals surface area contributed by atoms with Crippen molar-refractivity contribution in [3.63, 3.8) is 0 Å². The molecular formula is C17H18ClN3O4. The van der Waals surface area contributed by atoms with Gasteiger partial charge in [-0.1, -0.05) is 12.1 Å². The van der Waals surface area contributed by atoms with Gasteiger partial charge < -0.3 is 0 Å². The second kappa shape index (κ2) is 7.73. The average molecular weight is 364 g/mol. The second-order valence-electron chi connectivity index (χ2n) is 5.40. The highest BCUT2D eigenvalue weighted by Gasteiger charge is 2.08. The van der Waals surface area contributed by atoms with Crippen molar-refractivity contribution in [1.82, 2.24) is 9.78 Å². The highest BCUT2D eigenvalue weighted by Crippen LogP contribution is 2.13. The SMILES string of the molecule is Cc1c(/C=C/c2ccc3ccccc3[n+]2C)cnn1C.[O-][Cl+3]([O-])([O-])[O-]. The van der Waals surface area contributed by atoms with Crippen LogP contribution < -0.4 is 23.2 Å². The summed E-state index contributed by atoms with van der Waals surface area (Å²) in [7, 11) is -0.888. The minimum atomic E-state index is -4.94. The lowest BCUT2D eigenvalue weighted by atomic mass is 10.1. The van der Waals surface area contributed by atoms with E-state index < -0.39 is 10.2 Å². The molecule has 0 atom stereocenters. The Bertz CT molecular complexity index is 895. The van der Waals surface area contributed by atoms with Gasteiger partial charge in [0.2, 0.25) is 11.2 Å². The Morgan fingerprint density at radius 2 is 1.68 bits per heavy atom. The van der Waals surface area contributed by atoms with E-state index in [1.807, 2.05) is 17.9 Å². The van der Waals surface area contributed by atoms with Crippen LogP contribution in [0, 0.1) is 17.2 Å². The van der Waals surface area contributed by atoms with Gasteiger partial charge in [0, 0.05) is 41.9 Å². The fraction of sp³-hybridized carbons (Fsp3) is 0.176. The number of benzene rings is 1. The predicted octanol–water partition coefficient (Wildman–Crippen LogP) is -1.88. The van der Waals surface area contributed by atoms with Gasteiger partial charge in [-0.05, 0) is 25.1 Å². The highest BCUT2D eigenvalue weighted by atomic mass is 35.7. The number of pyridine rings is 1. The zero-order chi connectivity index (χ0) is 18.6. The Labute approximate surface area is 147 Å². The van der Waals surface area contributed by atoms with Crippen LogP contribution in [0.3, 0.4) is 0 Å². The summed E-state index contributed by atoms with van der Waals surface area (Å²) in [5, 5.41) is 5.51. The predicted molar refractivity (Wildman–Crippen MR) is 82.0 cm³/mol. The van der Waals surface area contributed by atoms with E-state index in [0.29, 0.717) is 0 Å². The Balaban J connectivity index is 0.000000399. The Hall–Kier alpha value is -2.29. The molecule has 25 heavy (non-hydrogen) atoms. The van der Waals surface area contributed by atoms with Crippen LogP contribution in [0.25, 0.3) is 23.1 Å². The molecule has 2 heterocycles. The third kappa shape index (κ3) is 5.35. The summed E-state index contributed by atoms with van der Waals surface area (Å²) < 4.78 is 38.1. The number of rotatable bonds is 2. The number of fused-ring (bicyclic) bond motifs is 1. The number of hydrogen-bond donors (Lipinski definition) is 0. The molecule has 0 fully saturated rings. The third-order valence-electron chi connectivity index (χ3n) is 3.83. The topological polar surface area (TPSA) is 114 Å². The van der Waals surface area contributed by atoms with Crippen LogP contribution in [-0.2, 0) is 14.1 Å². The van der Waals surface area contributed by atoms with Gasteiger partial charge in [-0.2, -0.15) is 9.67 Å². The summed E-state index contributed by atoms with van der Waals surface area (Å²) in [6.45, 7) is 2.08. The molecule has 132 valence electrons. The van der Waals surface area contributed by atoms with Crippen molar-refractivity contribution >= 4 is 23.1 Å². The number of hydrogen-bond acceptors (Lipinski definition) is 5. The first-order valence-corrected chi connectivity index (χ1v) is 8.56. The van der Waals surface area contributed by atoms with Gasteiger partial charge in [0.05, 0.1) is 6.20 Å². The van der Waals surface area contributed by atoms with Gasteiger partial charge in [0.1, 0.15) is 7.05 Å². The molecule has 0 N–H and O–H groups in total. The minimum Gasteiger partial charge on any atom is -0.272 e. The summed E-state index contributed by atoms with van der Waals surface area (Å²) in [5.41, 5.74) is 4.73. The van der Waals surface area contributed by atoms with Crippen molar-refractivity contribution in [2.45, 2.75) is 6.92 Å². The van der Waals surface area contributed by atoms with E-state index >= 15 is 0 Å². The van der Waals surface area contributed by atoms with Gasteiger partial charge in [0.15, 0.2) is 0 Å². The molecule has 1 aromatic carbocycles. The van der Waals surface area contributed by atoms with Gasteiger partial charge in [-0.15, -0.1) is 10.2 Å². The lowest BCUT2D eigenvalue weighted by Crippen LogP contribution is -2.68. The zero-order valence-electron chi connectivity index (χ0n) is 14.0. The molecule has 0 radical (unpaired) electrons. The van der Waals surface area contributed by atoms with Gasteiger partial charge in [-0.3, -0.25) is 4.68 Å². The molecule has 0 bridgehead atoms. The molecule has 0 aliphatic carbocycles. The molecule has 3 aromatic rings. The summed E-state index contributed by atoms with van der Waals surface area (Å²) in [6.07, 6.45) is 6.15. The number of nitrogens with zero attached hydrogens (tertiary/aromatic N) is 3. The Morgan fingerprint density at radius 1 is 1.04 bits per heavy atom. The standard InChI is InChI=1S/C17H18N3.ClHO4/c1-13-15(12-18-20(13)3)9-11-16-10-8-14-6-4-5-7-17(14)19(16)2;2-1(3,4)5/h4-12H,1-3H3;(H,2,3,4,5)/q+1;/p-1. The zero-order valence-corrected chi connectivity index (χ0v) is 14.8. The summed E-state index contributed by atoms with van der Waals surface area (Å²) >= 11 is 0. The number of halogens is 1. The second-order valence-corrected chi connectivity index (χ2v) is 6.15. The molecular weight excluding hydrogens is 346 g/mol. The first kappa shape index (κ1) is 19.0. The quantitative estimate of drug-likeness (QED) is 0.494. The van der Waals surface area contributed by atoms with Crippen LogP contribution in [0.2, 0.25) is 0 Å². The van der Waals surface area contributed by atoms with Crippen LogP contribution in [0.4, 0.5) is 0 Å². The van der Waals surface area contributed by atoms with E-state index in [1.54, 1.807) is 0 Å². The van der Waals surface area contributed by atoms with Crippen molar-refractivity contribution in [3.05, 3.63) is 59.5 Å². The molecule has 0 amide bonds. The van der Waals surface area contributed by atoms with Crippen molar-refractivity contribution in [1.29, 1.82) is 0 Å². The van der Waals surface area contributed by atoms with E-state index in [2.05, 4.69) is 72.2 Å². The number of para-hydroxylation sites is 1. The smallest absolute Gasteiger partial charge is 0.212 e. The molecule has 7 nitrogen and oxygen atoms in total. The average Bonchev–Trinajstić information content (AvgIpc) is 2.85. The maximum absolute atomic E-state index is 8.49. The number of aryl methyl sites for hydroxylation is 2. The minimum absolute atomic E-state index is 1.15. The van der Waals surface area contributed by atoms with Gasteiger partial charge >= 0.3 is 0 Å². The van der Waals surface area contributed by atoms with Gasteiger partial charge in [0.25, 0.3) is 0 Å². The summed E-state index contributed by atoms with van der Waals surface area (Å²) in [5.74, 6) is 0. The largest absolute Gasteiger partial charge is 0.272 e. The van der Waals surface area contributed by atoms with Crippen LogP contribution in [0.5, 0.6) is 0 Å². The highest BCUT2D eigenvalue weighted by molar-refractivity contribution is 5.77. The molecule has 0 unspecified atom stereocenters. The first-order valence-electron chi connectivity index (χ1n) is 7.33. The summed E-state index contributed by atoms with van der Waals surface area (Å²) in [4.78, 5) is 0. The molecule has 0 saturated heterocycles. The van der Waals surface area contributed by atoms with Crippen molar-refractivity contribution in [3.8, 4) is 0 Å². The molecule has 0 spiro atoms. The van der Waals surface area contributed by atoms with Crippen LogP contribution in [-0.4, -0.2) is 9.78 Å². The molecule has 0 aliphatic rings. The molecule has 3 rings (SSSR count). The third-order valence-corrected chi connectivity index (χ3v) is 3.83. The normalized spacial score (nSPS) is 11.6.